The number of hydrogen-bond acceptors (Lipinski definition) is 3. The molecule has 0 atom stereocenters. The number of imidazole rings is 1. The van der Waals surface area contributed by atoms with E-state index in [0.29, 0.717) is 5.65 Å². The van der Waals surface area contributed by atoms with Crippen molar-refractivity contribution in [3.05, 3.63) is 71.9 Å². The summed E-state index contributed by atoms with van der Waals surface area (Å²) in [5, 5.41) is 0. The Labute approximate surface area is 114 Å². The summed E-state index contributed by atoms with van der Waals surface area (Å²) in [6, 6.07) is 11.3. The molecule has 0 spiro atoms. The Balaban J connectivity index is 1.71. The van der Waals surface area contributed by atoms with Crippen LogP contribution >= 0.6 is 0 Å². The average Bonchev–Trinajstić information content (AvgIpc) is 2.90. The average molecular weight is 270 g/mol. The van der Waals surface area contributed by atoms with Crippen LogP contribution in [0.2, 0.25) is 0 Å². The van der Waals surface area contributed by atoms with Gasteiger partial charge in [-0.3, -0.25) is 0 Å². The molecule has 0 bridgehead atoms. The summed E-state index contributed by atoms with van der Waals surface area (Å²) in [4.78, 5) is 16.0. The minimum atomic E-state index is -0.502. The summed E-state index contributed by atoms with van der Waals surface area (Å²) in [6.07, 6.45) is 3.42. The molecule has 0 saturated heterocycles. The van der Waals surface area contributed by atoms with E-state index in [2.05, 4.69) is 4.98 Å². The van der Waals surface area contributed by atoms with Crippen molar-refractivity contribution in [3.63, 3.8) is 0 Å². The Kier molecular flexibility index (Phi) is 3.16. The van der Waals surface area contributed by atoms with E-state index in [9.17, 15) is 9.18 Å². The van der Waals surface area contributed by atoms with Crippen molar-refractivity contribution in [3.8, 4) is 0 Å². The molecule has 0 amide bonds. The normalized spacial score (nSPS) is 10.7. The lowest BCUT2D eigenvalue weighted by Crippen LogP contribution is -2.05. The van der Waals surface area contributed by atoms with Crippen LogP contribution in [0.25, 0.3) is 5.65 Å². The molecule has 0 aliphatic rings. The van der Waals surface area contributed by atoms with Crippen LogP contribution in [0, 0.1) is 5.82 Å². The van der Waals surface area contributed by atoms with Gasteiger partial charge < -0.3 is 9.14 Å². The number of aromatic nitrogens is 2. The monoisotopic (exact) mass is 270 g/mol. The largest absolute Gasteiger partial charge is 0.456 e. The van der Waals surface area contributed by atoms with Crippen LogP contribution in [-0.2, 0) is 11.3 Å². The van der Waals surface area contributed by atoms with E-state index in [1.807, 2.05) is 12.1 Å². The summed E-state index contributed by atoms with van der Waals surface area (Å²) < 4.78 is 19.6. The molecule has 0 unspecified atom stereocenters. The van der Waals surface area contributed by atoms with Gasteiger partial charge >= 0.3 is 5.97 Å². The second-order valence-electron chi connectivity index (χ2n) is 4.29. The second kappa shape index (κ2) is 5.13. The number of pyridine rings is 1. The van der Waals surface area contributed by atoms with Crippen molar-refractivity contribution in [2.45, 2.75) is 6.61 Å². The van der Waals surface area contributed by atoms with Crippen LogP contribution in [-0.4, -0.2) is 15.4 Å². The highest BCUT2D eigenvalue weighted by Gasteiger charge is 2.12. The predicted octanol–water partition coefficient (Wildman–Crippen LogP) is 2.83. The quantitative estimate of drug-likeness (QED) is 0.687. The van der Waals surface area contributed by atoms with Crippen LogP contribution in [0.15, 0.2) is 54.9 Å². The number of fused-ring (bicyclic) bond motifs is 1. The lowest BCUT2D eigenvalue weighted by molar-refractivity contribution is 0.0466. The molecule has 100 valence electrons. The number of esters is 1. The summed E-state index contributed by atoms with van der Waals surface area (Å²) in [5.41, 5.74) is 1.66. The zero-order valence-corrected chi connectivity index (χ0v) is 10.5. The van der Waals surface area contributed by atoms with Crippen LogP contribution in [0.5, 0.6) is 0 Å². The molecule has 0 fully saturated rings. The molecular weight excluding hydrogens is 259 g/mol. The Morgan fingerprint density at radius 3 is 2.75 bits per heavy atom. The predicted molar refractivity (Wildman–Crippen MR) is 70.7 cm³/mol. The lowest BCUT2D eigenvalue weighted by Gasteiger charge is -2.02. The molecule has 1 aromatic carbocycles. The first kappa shape index (κ1) is 12.3. The lowest BCUT2D eigenvalue weighted by atomic mass is 10.2. The van der Waals surface area contributed by atoms with E-state index in [1.165, 1.54) is 12.1 Å². The maximum atomic E-state index is 12.7. The fourth-order valence-corrected chi connectivity index (χ4v) is 1.84. The van der Waals surface area contributed by atoms with Gasteiger partial charge in [-0.05, 0) is 29.8 Å². The Morgan fingerprint density at radius 1 is 1.20 bits per heavy atom. The Hall–Kier alpha value is -2.69. The topological polar surface area (TPSA) is 43.6 Å². The Morgan fingerprint density at radius 2 is 2.00 bits per heavy atom. The summed E-state index contributed by atoms with van der Waals surface area (Å²) in [6.45, 7) is 0.0903. The first-order valence-corrected chi connectivity index (χ1v) is 6.08. The molecule has 3 rings (SSSR count). The minimum absolute atomic E-state index is 0.0903. The van der Waals surface area contributed by atoms with Gasteiger partial charge in [0.2, 0.25) is 0 Å². The fourth-order valence-electron chi connectivity index (χ4n) is 1.84. The molecule has 0 aliphatic heterocycles. The van der Waals surface area contributed by atoms with Gasteiger partial charge in [0.1, 0.15) is 18.1 Å². The zero-order chi connectivity index (χ0) is 13.9. The third kappa shape index (κ3) is 2.51. The van der Waals surface area contributed by atoms with Crippen molar-refractivity contribution < 1.29 is 13.9 Å². The number of rotatable bonds is 3. The van der Waals surface area contributed by atoms with Gasteiger partial charge in [0.25, 0.3) is 0 Å². The van der Waals surface area contributed by atoms with Crippen molar-refractivity contribution in [2.75, 3.05) is 0 Å². The molecule has 0 N–H and O–H groups in total. The standard InChI is InChI=1S/C15H11FN2O2/c16-12-6-4-11(5-7-12)10-20-15(19)13-9-18-8-2-1-3-14(18)17-13/h1-9H,10H2. The van der Waals surface area contributed by atoms with Crippen molar-refractivity contribution in [2.24, 2.45) is 0 Å². The van der Waals surface area contributed by atoms with Crippen LogP contribution < -0.4 is 0 Å². The van der Waals surface area contributed by atoms with E-state index in [-0.39, 0.29) is 18.1 Å². The SMILES string of the molecule is O=C(OCc1ccc(F)cc1)c1cn2ccccc2n1. The zero-order valence-electron chi connectivity index (χ0n) is 10.5. The van der Waals surface area contributed by atoms with Crippen molar-refractivity contribution >= 4 is 11.6 Å². The van der Waals surface area contributed by atoms with Crippen molar-refractivity contribution in [1.82, 2.24) is 9.38 Å². The summed E-state index contributed by atoms with van der Waals surface area (Å²) in [5.74, 6) is -0.821. The van der Waals surface area contributed by atoms with E-state index in [0.717, 1.165) is 5.56 Å². The number of halogens is 1. The first-order valence-electron chi connectivity index (χ1n) is 6.08. The summed E-state index contributed by atoms with van der Waals surface area (Å²) >= 11 is 0. The molecule has 0 radical (unpaired) electrons. The van der Waals surface area contributed by atoms with Crippen LogP contribution in [0.4, 0.5) is 4.39 Å². The molecule has 5 heteroatoms. The van der Waals surface area contributed by atoms with Crippen LogP contribution in [0.1, 0.15) is 16.1 Å². The van der Waals surface area contributed by atoms with Gasteiger partial charge in [-0.15, -0.1) is 0 Å². The molecule has 20 heavy (non-hydrogen) atoms. The third-order valence-electron chi connectivity index (χ3n) is 2.86. The highest BCUT2D eigenvalue weighted by Crippen LogP contribution is 2.09. The molecular formula is C15H11FN2O2. The van der Waals surface area contributed by atoms with Gasteiger partial charge in [-0.1, -0.05) is 18.2 Å². The maximum Gasteiger partial charge on any atom is 0.358 e. The number of hydrogen-bond donors (Lipinski definition) is 0. The third-order valence-corrected chi connectivity index (χ3v) is 2.86. The fraction of sp³-hybridized carbons (Fsp3) is 0.0667. The first-order chi connectivity index (χ1) is 9.72. The highest BCUT2D eigenvalue weighted by molar-refractivity contribution is 5.87. The summed E-state index contributed by atoms with van der Waals surface area (Å²) in [7, 11) is 0. The number of carbonyl (C=O) groups excluding carboxylic acids is 1. The van der Waals surface area contributed by atoms with Crippen LogP contribution in [0.3, 0.4) is 0 Å². The number of benzene rings is 1. The van der Waals surface area contributed by atoms with Gasteiger partial charge in [-0.25, -0.2) is 14.2 Å². The maximum absolute atomic E-state index is 12.7. The van der Waals surface area contributed by atoms with Gasteiger partial charge in [0.05, 0.1) is 0 Å². The molecule has 2 heterocycles. The minimum Gasteiger partial charge on any atom is -0.456 e. The highest BCUT2D eigenvalue weighted by atomic mass is 19.1. The van der Waals surface area contributed by atoms with E-state index in [1.54, 1.807) is 35.0 Å². The van der Waals surface area contributed by atoms with E-state index in [4.69, 9.17) is 4.74 Å². The number of carbonyl (C=O) groups is 1. The molecule has 4 nitrogen and oxygen atoms in total. The van der Waals surface area contributed by atoms with Crippen molar-refractivity contribution in [1.29, 1.82) is 0 Å². The molecule has 2 aromatic heterocycles. The van der Waals surface area contributed by atoms with Gasteiger partial charge in [0.15, 0.2) is 5.69 Å². The number of ether oxygens (including phenoxy) is 1. The Bertz CT molecular complexity index is 717. The second-order valence-corrected chi connectivity index (χ2v) is 4.29. The van der Waals surface area contributed by atoms with E-state index < -0.39 is 5.97 Å². The number of nitrogens with zero attached hydrogens (tertiary/aromatic N) is 2. The molecule has 3 aromatic rings. The molecule has 0 aliphatic carbocycles. The van der Waals surface area contributed by atoms with Gasteiger partial charge in [-0.2, -0.15) is 0 Å². The molecule has 0 saturated carbocycles. The van der Waals surface area contributed by atoms with E-state index >= 15 is 0 Å². The smallest absolute Gasteiger partial charge is 0.358 e. The van der Waals surface area contributed by atoms with Gasteiger partial charge in [0, 0.05) is 12.4 Å².